The number of hydrogen-bond acceptors (Lipinski definition) is 6. The Labute approximate surface area is 190 Å². The molecule has 0 amide bonds. The van der Waals surface area contributed by atoms with Gasteiger partial charge in [0.1, 0.15) is 0 Å². The molecule has 1 aromatic carbocycles. The van der Waals surface area contributed by atoms with Crippen LogP contribution in [0.5, 0.6) is 0 Å². The van der Waals surface area contributed by atoms with Crippen LogP contribution >= 0.6 is 12.2 Å². The second-order valence-electron chi connectivity index (χ2n) is 7.78. The fraction of sp³-hybridized carbons (Fsp3) is 0.429. The molecule has 2 unspecified atom stereocenters. The average molecular weight is 486 g/mol. The fourth-order valence-electron chi connectivity index (χ4n) is 3.70. The van der Waals surface area contributed by atoms with Crippen molar-refractivity contribution in [2.45, 2.75) is 37.6 Å². The molecule has 1 saturated heterocycles. The molecule has 32 heavy (non-hydrogen) atoms. The van der Waals surface area contributed by atoms with Gasteiger partial charge in [-0.3, -0.25) is 0 Å². The van der Waals surface area contributed by atoms with E-state index in [-0.39, 0.29) is 36.5 Å². The Bertz CT molecular complexity index is 1090. The van der Waals surface area contributed by atoms with Gasteiger partial charge in [-0.1, -0.05) is 36.5 Å². The first-order valence-electron chi connectivity index (χ1n) is 9.83. The summed E-state index contributed by atoms with van der Waals surface area (Å²) in [5, 5.41) is 19.1. The van der Waals surface area contributed by atoms with Crippen LogP contribution in [0.25, 0.3) is 0 Å². The number of benzene rings is 1. The Balaban J connectivity index is 1.83. The number of nitriles is 1. The predicted molar refractivity (Wildman–Crippen MR) is 118 cm³/mol. The number of nitrogens with zero attached hydrogens (tertiary/aromatic N) is 3. The highest BCUT2D eigenvalue weighted by atomic mass is 32.2. The van der Waals surface area contributed by atoms with E-state index >= 15 is 0 Å². The molecule has 11 heteroatoms. The summed E-state index contributed by atoms with van der Waals surface area (Å²) in [5.74, 6) is 0. The third-order valence-corrected chi connectivity index (χ3v) is 8.13. The second kappa shape index (κ2) is 8.94. The largest absolute Gasteiger partial charge is 0.421 e. The zero-order valence-electron chi connectivity index (χ0n) is 17.2. The lowest BCUT2D eigenvalue weighted by Crippen LogP contribution is -2.55. The molecule has 0 saturated carbocycles. The van der Waals surface area contributed by atoms with Gasteiger partial charge in [0.05, 0.1) is 23.4 Å². The Morgan fingerprint density at radius 3 is 2.47 bits per heavy atom. The van der Waals surface area contributed by atoms with Crippen molar-refractivity contribution in [1.29, 1.82) is 5.26 Å². The first-order valence-corrected chi connectivity index (χ1v) is 11.7. The Morgan fingerprint density at radius 1 is 1.25 bits per heavy atom. The molecule has 1 fully saturated rings. The number of allylic oxidation sites excluding steroid dienone is 4. The van der Waals surface area contributed by atoms with E-state index < -0.39 is 27.8 Å². The standard InChI is InChI=1S/C21H22F3N3O3S2/c1-20(28,21(22,23)24)15-6-8-16(9-7-15)27-13-12-26(14-17(27)10-11-25)32(29,30)19-5-3-2-4-18(19)31/h2-3,5-9,17,28H,4,10,12-14H2,1H3. The first-order chi connectivity index (χ1) is 14.9. The topological polar surface area (TPSA) is 84.6 Å². The molecule has 2 aliphatic rings. The van der Waals surface area contributed by atoms with Gasteiger partial charge in [-0.2, -0.15) is 22.7 Å². The number of halogens is 3. The normalized spacial score (nSPS) is 22.2. The monoisotopic (exact) mass is 485 g/mol. The minimum atomic E-state index is -4.83. The Hall–Kier alpha value is -2.26. The van der Waals surface area contributed by atoms with Crippen LogP contribution < -0.4 is 4.90 Å². The van der Waals surface area contributed by atoms with Crippen LogP contribution in [0.4, 0.5) is 18.9 Å². The molecule has 0 aromatic heterocycles. The summed E-state index contributed by atoms with van der Waals surface area (Å²) in [6, 6.07) is 6.81. The molecule has 0 spiro atoms. The quantitative estimate of drug-likeness (QED) is 0.644. The third-order valence-electron chi connectivity index (χ3n) is 5.66. The second-order valence-corrected chi connectivity index (χ2v) is 10.2. The summed E-state index contributed by atoms with van der Waals surface area (Å²) in [5.41, 5.74) is -2.76. The third kappa shape index (κ3) is 4.59. The zero-order valence-corrected chi connectivity index (χ0v) is 18.8. The van der Waals surface area contributed by atoms with Gasteiger partial charge in [0.15, 0.2) is 5.60 Å². The number of aliphatic hydroxyl groups is 1. The zero-order chi connectivity index (χ0) is 23.7. The summed E-state index contributed by atoms with van der Waals surface area (Å²) in [7, 11) is -3.83. The van der Waals surface area contributed by atoms with Gasteiger partial charge < -0.3 is 10.0 Å². The molecule has 6 nitrogen and oxygen atoms in total. The smallest absolute Gasteiger partial charge is 0.376 e. The van der Waals surface area contributed by atoms with Crippen molar-refractivity contribution in [3.8, 4) is 6.07 Å². The lowest BCUT2D eigenvalue weighted by atomic mass is 9.95. The number of sulfonamides is 1. The maximum Gasteiger partial charge on any atom is 0.421 e. The summed E-state index contributed by atoms with van der Waals surface area (Å²) >= 11 is 5.20. The minimum Gasteiger partial charge on any atom is -0.376 e. The lowest BCUT2D eigenvalue weighted by molar-refractivity contribution is -0.258. The van der Waals surface area contributed by atoms with E-state index in [1.165, 1.54) is 34.6 Å². The van der Waals surface area contributed by atoms with Gasteiger partial charge in [-0.25, -0.2) is 8.42 Å². The highest BCUT2D eigenvalue weighted by Gasteiger charge is 2.51. The number of hydrogen-bond donors (Lipinski definition) is 1. The van der Waals surface area contributed by atoms with Crippen LogP contribution in [-0.4, -0.2) is 54.5 Å². The van der Waals surface area contributed by atoms with Gasteiger partial charge in [0.2, 0.25) is 10.0 Å². The molecule has 1 aliphatic carbocycles. The highest BCUT2D eigenvalue weighted by molar-refractivity contribution is 7.96. The van der Waals surface area contributed by atoms with E-state index in [4.69, 9.17) is 12.2 Å². The van der Waals surface area contributed by atoms with Gasteiger partial charge in [0.25, 0.3) is 0 Å². The van der Waals surface area contributed by atoms with Crippen molar-refractivity contribution in [3.05, 3.63) is 53.0 Å². The van der Waals surface area contributed by atoms with Gasteiger partial charge >= 0.3 is 6.18 Å². The number of rotatable bonds is 5. The molecule has 1 heterocycles. The van der Waals surface area contributed by atoms with E-state index in [1.54, 1.807) is 17.1 Å². The van der Waals surface area contributed by atoms with Crippen molar-refractivity contribution < 1.29 is 26.7 Å². The molecule has 3 rings (SSSR count). The van der Waals surface area contributed by atoms with E-state index in [1.807, 2.05) is 6.07 Å². The summed E-state index contributed by atoms with van der Waals surface area (Å²) in [6.07, 6.45) is 0.452. The predicted octanol–water partition coefficient (Wildman–Crippen LogP) is 3.40. The van der Waals surface area contributed by atoms with Crippen molar-refractivity contribution in [2.75, 3.05) is 24.5 Å². The van der Waals surface area contributed by atoms with E-state index in [0.29, 0.717) is 23.9 Å². The molecule has 172 valence electrons. The van der Waals surface area contributed by atoms with E-state index in [2.05, 4.69) is 0 Å². The SMILES string of the molecule is CC(O)(c1ccc(N2CCN(S(=O)(=O)C3=CC=CCC3=S)CC2CC#N)cc1)C(F)(F)F. The Kier molecular flexibility index (Phi) is 6.81. The van der Waals surface area contributed by atoms with Crippen LogP contribution in [-0.2, 0) is 15.6 Å². The number of alkyl halides is 3. The molecule has 2 atom stereocenters. The van der Waals surface area contributed by atoms with Crippen molar-refractivity contribution in [2.24, 2.45) is 0 Å². The van der Waals surface area contributed by atoms with Gasteiger partial charge in [-0.15, -0.1) is 0 Å². The van der Waals surface area contributed by atoms with Crippen LogP contribution in [0, 0.1) is 11.3 Å². The molecule has 1 N–H and O–H groups in total. The lowest BCUT2D eigenvalue weighted by Gasteiger charge is -2.41. The molecular formula is C21H22F3N3O3S2. The molecule has 1 aromatic rings. The summed E-state index contributed by atoms with van der Waals surface area (Å²) in [4.78, 5) is 2.21. The number of piperazine rings is 1. The number of anilines is 1. The first kappa shape index (κ1) is 24.4. The van der Waals surface area contributed by atoms with E-state index in [0.717, 1.165) is 0 Å². The summed E-state index contributed by atoms with van der Waals surface area (Å²) < 4.78 is 66.8. The molecule has 1 aliphatic heterocycles. The average Bonchev–Trinajstić information content (AvgIpc) is 2.73. The van der Waals surface area contributed by atoms with Gasteiger partial charge in [0, 0.05) is 36.6 Å². The van der Waals surface area contributed by atoms with E-state index in [9.17, 15) is 32.0 Å². The molecule has 0 radical (unpaired) electrons. The summed E-state index contributed by atoms with van der Waals surface area (Å²) in [6.45, 7) is 1.11. The Morgan fingerprint density at radius 2 is 1.91 bits per heavy atom. The maximum atomic E-state index is 13.1. The minimum absolute atomic E-state index is 0.0252. The maximum absolute atomic E-state index is 13.1. The van der Waals surface area contributed by atoms with Crippen molar-refractivity contribution >= 4 is 32.8 Å². The van der Waals surface area contributed by atoms with Crippen LogP contribution in [0.15, 0.2) is 47.4 Å². The van der Waals surface area contributed by atoms with Crippen LogP contribution in [0.1, 0.15) is 25.3 Å². The van der Waals surface area contributed by atoms with Crippen molar-refractivity contribution in [3.63, 3.8) is 0 Å². The fourth-order valence-corrected chi connectivity index (χ4v) is 5.77. The molecule has 0 bridgehead atoms. The molecular weight excluding hydrogens is 463 g/mol. The van der Waals surface area contributed by atoms with Gasteiger partial charge in [-0.05, 0) is 30.7 Å². The van der Waals surface area contributed by atoms with Crippen LogP contribution in [0.3, 0.4) is 0 Å². The van der Waals surface area contributed by atoms with Crippen molar-refractivity contribution in [1.82, 2.24) is 4.31 Å². The highest BCUT2D eigenvalue weighted by Crippen LogP contribution is 2.39. The van der Waals surface area contributed by atoms with Crippen LogP contribution in [0.2, 0.25) is 0 Å². The number of thiocarbonyl (C=S) groups is 1.